The summed E-state index contributed by atoms with van der Waals surface area (Å²) in [6, 6.07) is 9.33. The lowest BCUT2D eigenvalue weighted by Crippen LogP contribution is -2.25. The molecule has 2 aromatic carbocycles. The minimum absolute atomic E-state index is 0.148. The molecular weight excluding hydrogens is 380 g/mol. The van der Waals surface area contributed by atoms with Gasteiger partial charge in [-0.05, 0) is 30.3 Å². The number of hydrogen-bond donors (Lipinski definition) is 1. The fourth-order valence-electron chi connectivity index (χ4n) is 2.19. The van der Waals surface area contributed by atoms with Crippen molar-refractivity contribution < 1.29 is 22.7 Å². The Balaban J connectivity index is 2.32. The van der Waals surface area contributed by atoms with Crippen LogP contribution >= 0.6 is 11.6 Å². The van der Waals surface area contributed by atoms with E-state index < -0.39 is 15.9 Å². The van der Waals surface area contributed by atoms with E-state index in [1.54, 1.807) is 18.2 Å². The first kappa shape index (κ1) is 19.9. The standard InChI is InChI=1S/C17H19ClN2O5S/c1-20(26(4,22)23)12-6-7-14(18)13(10-12)17(21)19-11-5-8-15(24-2)16(9-11)25-3/h5-10H,1-4H3,(H,19,21). The number of carbonyl (C=O) groups is 1. The van der Waals surface area contributed by atoms with E-state index in [1.807, 2.05) is 0 Å². The zero-order chi connectivity index (χ0) is 19.5. The fourth-order valence-corrected chi connectivity index (χ4v) is 2.89. The third-order valence-electron chi connectivity index (χ3n) is 3.70. The molecule has 0 heterocycles. The summed E-state index contributed by atoms with van der Waals surface area (Å²) >= 11 is 6.11. The number of nitrogens with zero attached hydrogens (tertiary/aromatic N) is 1. The van der Waals surface area contributed by atoms with Gasteiger partial charge in [0.25, 0.3) is 5.91 Å². The molecule has 0 aromatic heterocycles. The molecule has 0 saturated carbocycles. The Kier molecular flexibility index (Phi) is 5.99. The van der Waals surface area contributed by atoms with E-state index in [4.69, 9.17) is 21.1 Å². The van der Waals surface area contributed by atoms with Gasteiger partial charge >= 0.3 is 0 Å². The molecule has 0 radical (unpaired) electrons. The fraction of sp³-hybridized carbons (Fsp3) is 0.235. The van der Waals surface area contributed by atoms with Crippen molar-refractivity contribution >= 4 is 38.9 Å². The average molecular weight is 399 g/mol. The van der Waals surface area contributed by atoms with Gasteiger partial charge in [-0.15, -0.1) is 0 Å². The number of methoxy groups -OCH3 is 2. The van der Waals surface area contributed by atoms with Crippen molar-refractivity contribution in [3.8, 4) is 11.5 Å². The van der Waals surface area contributed by atoms with Crippen molar-refractivity contribution in [3.05, 3.63) is 47.0 Å². The van der Waals surface area contributed by atoms with E-state index in [-0.39, 0.29) is 10.6 Å². The van der Waals surface area contributed by atoms with Crippen LogP contribution in [0.1, 0.15) is 10.4 Å². The summed E-state index contributed by atoms with van der Waals surface area (Å²) in [7, 11) is 0.943. The van der Waals surface area contributed by atoms with Gasteiger partial charge in [-0.2, -0.15) is 0 Å². The van der Waals surface area contributed by atoms with E-state index in [0.29, 0.717) is 22.9 Å². The number of anilines is 2. The van der Waals surface area contributed by atoms with Crippen molar-refractivity contribution in [3.63, 3.8) is 0 Å². The minimum atomic E-state index is -3.46. The Morgan fingerprint density at radius 3 is 2.31 bits per heavy atom. The summed E-state index contributed by atoms with van der Waals surface area (Å²) < 4.78 is 34.8. The van der Waals surface area contributed by atoms with Gasteiger partial charge in [-0.25, -0.2) is 8.42 Å². The van der Waals surface area contributed by atoms with Gasteiger partial charge in [-0.3, -0.25) is 9.10 Å². The maximum atomic E-state index is 12.6. The minimum Gasteiger partial charge on any atom is -0.493 e. The Hall–Kier alpha value is -2.45. The van der Waals surface area contributed by atoms with E-state index in [0.717, 1.165) is 10.6 Å². The van der Waals surface area contributed by atoms with Crippen molar-refractivity contribution in [2.45, 2.75) is 0 Å². The highest BCUT2D eigenvalue weighted by Gasteiger charge is 2.17. The van der Waals surface area contributed by atoms with Crippen LogP contribution in [0.15, 0.2) is 36.4 Å². The summed E-state index contributed by atoms with van der Waals surface area (Å²) in [6.45, 7) is 0. The van der Waals surface area contributed by atoms with Gasteiger partial charge in [0, 0.05) is 18.8 Å². The predicted octanol–water partition coefficient (Wildman–Crippen LogP) is 3.01. The van der Waals surface area contributed by atoms with Gasteiger partial charge in [0.1, 0.15) is 0 Å². The van der Waals surface area contributed by atoms with Gasteiger partial charge in [0.15, 0.2) is 11.5 Å². The first-order valence-electron chi connectivity index (χ1n) is 7.44. The van der Waals surface area contributed by atoms with Crippen molar-refractivity contribution in [1.29, 1.82) is 0 Å². The molecule has 26 heavy (non-hydrogen) atoms. The average Bonchev–Trinajstić information content (AvgIpc) is 2.60. The van der Waals surface area contributed by atoms with E-state index in [9.17, 15) is 13.2 Å². The molecule has 0 aliphatic carbocycles. The van der Waals surface area contributed by atoms with Crippen LogP contribution in [0.2, 0.25) is 5.02 Å². The number of nitrogens with one attached hydrogen (secondary N) is 1. The molecule has 140 valence electrons. The third kappa shape index (κ3) is 4.39. The first-order chi connectivity index (χ1) is 12.2. The number of benzene rings is 2. The van der Waals surface area contributed by atoms with Gasteiger partial charge in [0.05, 0.1) is 36.7 Å². The second-order valence-electron chi connectivity index (χ2n) is 5.42. The molecule has 0 aliphatic heterocycles. The van der Waals surface area contributed by atoms with Crippen molar-refractivity contribution in [2.24, 2.45) is 0 Å². The van der Waals surface area contributed by atoms with Crippen LogP contribution in [0.3, 0.4) is 0 Å². The molecule has 0 atom stereocenters. The number of sulfonamides is 1. The highest BCUT2D eigenvalue weighted by molar-refractivity contribution is 7.92. The SMILES string of the molecule is COc1ccc(NC(=O)c2cc(N(C)S(C)(=O)=O)ccc2Cl)cc1OC. The monoisotopic (exact) mass is 398 g/mol. The van der Waals surface area contributed by atoms with Gasteiger partial charge in [0.2, 0.25) is 10.0 Å². The molecule has 2 aromatic rings. The molecule has 1 amide bonds. The molecule has 0 aliphatic rings. The number of rotatable bonds is 6. The highest BCUT2D eigenvalue weighted by atomic mass is 35.5. The molecule has 9 heteroatoms. The Morgan fingerprint density at radius 1 is 1.08 bits per heavy atom. The predicted molar refractivity (Wildman–Crippen MR) is 102 cm³/mol. The number of carbonyl (C=O) groups excluding carboxylic acids is 1. The van der Waals surface area contributed by atoms with Crippen molar-refractivity contribution in [2.75, 3.05) is 37.1 Å². The second-order valence-corrected chi connectivity index (χ2v) is 7.84. The number of halogens is 1. The molecule has 0 spiro atoms. The summed E-state index contributed by atoms with van der Waals surface area (Å²) in [5.41, 5.74) is 0.953. The summed E-state index contributed by atoms with van der Waals surface area (Å²) in [5, 5.41) is 2.91. The normalized spacial score (nSPS) is 11.0. The van der Waals surface area contributed by atoms with Crippen LogP contribution in [-0.4, -0.2) is 41.8 Å². The first-order valence-corrected chi connectivity index (χ1v) is 9.67. The topological polar surface area (TPSA) is 84.9 Å². The van der Waals surface area contributed by atoms with Crippen LogP contribution in [-0.2, 0) is 10.0 Å². The Morgan fingerprint density at radius 2 is 1.73 bits per heavy atom. The van der Waals surface area contributed by atoms with Crippen LogP contribution in [0.5, 0.6) is 11.5 Å². The number of hydrogen-bond acceptors (Lipinski definition) is 5. The molecule has 0 saturated heterocycles. The van der Waals surface area contributed by atoms with Gasteiger partial charge in [-0.1, -0.05) is 11.6 Å². The Bertz CT molecular complexity index is 931. The molecule has 7 nitrogen and oxygen atoms in total. The summed E-state index contributed by atoms with van der Waals surface area (Å²) in [6.07, 6.45) is 1.07. The lowest BCUT2D eigenvalue weighted by Gasteiger charge is -2.18. The highest BCUT2D eigenvalue weighted by Crippen LogP contribution is 2.30. The van der Waals surface area contributed by atoms with Crippen LogP contribution in [0.25, 0.3) is 0 Å². The quantitative estimate of drug-likeness (QED) is 0.808. The molecule has 0 fully saturated rings. The van der Waals surface area contributed by atoms with Crippen LogP contribution in [0.4, 0.5) is 11.4 Å². The number of ether oxygens (including phenoxy) is 2. The van der Waals surface area contributed by atoms with Gasteiger partial charge < -0.3 is 14.8 Å². The molecule has 2 rings (SSSR count). The van der Waals surface area contributed by atoms with E-state index >= 15 is 0 Å². The summed E-state index contributed by atoms with van der Waals surface area (Å²) in [5.74, 6) is 0.508. The molecule has 0 bridgehead atoms. The lowest BCUT2D eigenvalue weighted by molar-refractivity contribution is 0.102. The van der Waals surface area contributed by atoms with E-state index in [1.165, 1.54) is 39.5 Å². The third-order valence-corrected chi connectivity index (χ3v) is 5.23. The Labute approximate surface area is 157 Å². The number of amides is 1. The van der Waals surface area contributed by atoms with Crippen LogP contribution in [0, 0.1) is 0 Å². The van der Waals surface area contributed by atoms with E-state index in [2.05, 4.69) is 5.32 Å². The summed E-state index contributed by atoms with van der Waals surface area (Å²) in [4.78, 5) is 12.6. The zero-order valence-corrected chi connectivity index (χ0v) is 16.3. The molecular formula is C17H19ClN2O5S. The molecule has 0 unspecified atom stereocenters. The second kappa shape index (κ2) is 7.84. The zero-order valence-electron chi connectivity index (χ0n) is 14.7. The van der Waals surface area contributed by atoms with Crippen LogP contribution < -0.4 is 19.1 Å². The molecule has 1 N–H and O–H groups in total. The maximum Gasteiger partial charge on any atom is 0.257 e. The smallest absolute Gasteiger partial charge is 0.257 e. The maximum absolute atomic E-state index is 12.6. The lowest BCUT2D eigenvalue weighted by atomic mass is 10.1. The van der Waals surface area contributed by atoms with Crippen molar-refractivity contribution in [1.82, 2.24) is 0 Å². The largest absolute Gasteiger partial charge is 0.493 e.